The summed E-state index contributed by atoms with van der Waals surface area (Å²) in [6, 6.07) is 4.24. The van der Waals surface area contributed by atoms with E-state index < -0.39 is 5.97 Å². The van der Waals surface area contributed by atoms with Gasteiger partial charge in [0.15, 0.2) is 5.75 Å². The topological polar surface area (TPSA) is 42.1 Å². The van der Waals surface area contributed by atoms with Gasteiger partial charge in [-0.15, -0.1) is 0 Å². The van der Waals surface area contributed by atoms with Gasteiger partial charge in [-0.3, -0.25) is 4.79 Å². The summed E-state index contributed by atoms with van der Waals surface area (Å²) in [7, 11) is 0. The van der Waals surface area contributed by atoms with Crippen molar-refractivity contribution in [2.75, 3.05) is 0 Å². The van der Waals surface area contributed by atoms with E-state index in [0.717, 1.165) is 0 Å². The van der Waals surface area contributed by atoms with Crippen molar-refractivity contribution in [1.82, 2.24) is 4.98 Å². The summed E-state index contributed by atoms with van der Waals surface area (Å²) >= 11 is 0. The van der Waals surface area contributed by atoms with Crippen LogP contribution >= 0.6 is 0 Å². The molecule has 1 heterocycles. The third-order valence-electron chi connectivity index (χ3n) is 1.86. The highest BCUT2D eigenvalue weighted by Gasteiger charge is 2.06. The molecule has 0 saturated heterocycles. The summed E-state index contributed by atoms with van der Waals surface area (Å²) in [5.74, 6) is -0.295. The number of ether oxygens (including phenoxy) is 1. The minimum Gasteiger partial charge on any atom is -0.424 e. The van der Waals surface area contributed by atoms with Crippen molar-refractivity contribution in [3.63, 3.8) is 0 Å². The van der Waals surface area contributed by atoms with Crippen LogP contribution in [0.1, 0.15) is 6.92 Å². The lowest BCUT2D eigenvalue weighted by Gasteiger charge is -1.97. The van der Waals surface area contributed by atoms with E-state index in [2.05, 4.69) is 4.98 Å². The zero-order valence-electron chi connectivity index (χ0n) is 7.50. The van der Waals surface area contributed by atoms with Crippen molar-refractivity contribution in [3.05, 3.63) is 30.2 Å². The number of rotatable bonds is 1. The van der Waals surface area contributed by atoms with Crippen molar-refractivity contribution in [3.8, 4) is 5.75 Å². The number of nitrogens with one attached hydrogen (secondary N) is 1. The van der Waals surface area contributed by atoms with Crippen LogP contribution in [0, 0.1) is 5.82 Å². The molecule has 1 aromatic carbocycles. The van der Waals surface area contributed by atoms with E-state index >= 15 is 0 Å². The summed E-state index contributed by atoms with van der Waals surface area (Å²) in [5.41, 5.74) is 0.612. The van der Waals surface area contributed by atoms with Crippen molar-refractivity contribution in [2.45, 2.75) is 6.92 Å². The maximum absolute atomic E-state index is 12.8. The number of benzene rings is 1. The predicted molar refractivity (Wildman–Crippen MR) is 49.6 cm³/mol. The van der Waals surface area contributed by atoms with E-state index in [1.807, 2.05) is 0 Å². The summed E-state index contributed by atoms with van der Waals surface area (Å²) in [6.45, 7) is 1.32. The zero-order chi connectivity index (χ0) is 10.1. The molecule has 2 aromatic rings. The molecule has 0 atom stereocenters. The molecule has 0 unspecified atom stereocenters. The second-order valence-corrected chi connectivity index (χ2v) is 2.94. The molecule has 2 rings (SSSR count). The maximum Gasteiger partial charge on any atom is 0.308 e. The third-order valence-corrected chi connectivity index (χ3v) is 1.86. The predicted octanol–water partition coefficient (Wildman–Crippen LogP) is 2.23. The second kappa shape index (κ2) is 3.14. The summed E-state index contributed by atoms with van der Waals surface area (Å²) in [5, 5.41) is 0.696. The molecule has 4 heteroatoms. The van der Waals surface area contributed by atoms with Crippen LogP contribution in [0.3, 0.4) is 0 Å². The quantitative estimate of drug-likeness (QED) is 0.705. The Hall–Kier alpha value is -1.84. The molecule has 0 saturated carbocycles. The first-order valence-electron chi connectivity index (χ1n) is 4.12. The number of carbonyl (C=O) groups is 1. The number of halogens is 1. The number of hydrogen-bond acceptors (Lipinski definition) is 2. The molecule has 0 aliphatic rings. The number of carbonyl (C=O) groups excluding carboxylic acids is 1. The number of esters is 1. The Morgan fingerprint density at radius 2 is 2.29 bits per heavy atom. The SMILES string of the molecule is CC(=O)Oc1c[nH]c2cc(F)ccc12. The van der Waals surface area contributed by atoms with E-state index in [1.165, 1.54) is 25.3 Å². The van der Waals surface area contributed by atoms with Gasteiger partial charge >= 0.3 is 5.97 Å². The molecule has 0 fully saturated rings. The molecule has 0 bridgehead atoms. The average molecular weight is 193 g/mol. The Labute approximate surface area is 79.5 Å². The van der Waals surface area contributed by atoms with Gasteiger partial charge in [-0.05, 0) is 18.2 Å². The van der Waals surface area contributed by atoms with Gasteiger partial charge in [0.05, 0.1) is 5.52 Å². The van der Waals surface area contributed by atoms with Crippen LogP contribution in [0.5, 0.6) is 5.75 Å². The largest absolute Gasteiger partial charge is 0.424 e. The van der Waals surface area contributed by atoms with Crippen LogP contribution in [0.4, 0.5) is 4.39 Å². The van der Waals surface area contributed by atoms with Crippen LogP contribution in [0.25, 0.3) is 10.9 Å². The Morgan fingerprint density at radius 3 is 3.00 bits per heavy atom. The van der Waals surface area contributed by atoms with Gasteiger partial charge in [0.25, 0.3) is 0 Å². The first-order chi connectivity index (χ1) is 6.66. The summed E-state index contributed by atoms with van der Waals surface area (Å²) < 4.78 is 17.7. The van der Waals surface area contributed by atoms with Crippen LogP contribution in [-0.2, 0) is 4.79 Å². The molecule has 1 N–H and O–H groups in total. The fourth-order valence-electron chi connectivity index (χ4n) is 1.31. The van der Waals surface area contributed by atoms with Crippen molar-refractivity contribution in [1.29, 1.82) is 0 Å². The first-order valence-corrected chi connectivity index (χ1v) is 4.12. The number of H-pyrrole nitrogens is 1. The van der Waals surface area contributed by atoms with Gasteiger partial charge in [0.1, 0.15) is 5.82 Å². The van der Waals surface area contributed by atoms with Gasteiger partial charge in [-0.2, -0.15) is 0 Å². The highest BCUT2D eigenvalue weighted by atomic mass is 19.1. The van der Waals surface area contributed by atoms with E-state index in [9.17, 15) is 9.18 Å². The number of aromatic amines is 1. The molecule has 0 radical (unpaired) electrons. The Morgan fingerprint density at radius 1 is 1.50 bits per heavy atom. The summed E-state index contributed by atoms with van der Waals surface area (Å²) in [4.78, 5) is 13.5. The van der Waals surface area contributed by atoms with E-state index in [1.54, 1.807) is 6.07 Å². The molecular formula is C10H8FNO2. The third kappa shape index (κ3) is 1.46. The summed E-state index contributed by atoms with van der Waals surface area (Å²) in [6.07, 6.45) is 1.53. The minimum absolute atomic E-state index is 0.325. The fourth-order valence-corrected chi connectivity index (χ4v) is 1.31. The first kappa shape index (κ1) is 8.74. The maximum atomic E-state index is 12.8. The molecule has 0 aliphatic heterocycles. The van der Waals surface area contributed by atoms with Gasteiger partial charge < -0.3 is 9.72 Å². The Balaban J connectivity index is 2.52. The lowest BCUT2D eigenvalue weighted by atomic mass is 10.2. The van der Waals surface area contributed by atoms with Gasteiger partial charge in [-0.25, -0.2) is 4.39 Å². The van der Waals surface area contributed by atoms with Crippen LogP contribution in [-0.4, -0.2) is 11.0 Å². The highest BCUT2D eigenvalue weighted by molar-refractivity contribution is 5.88. The number of hydrogen-bond donors (Lipinski definition) is 1. The van der Waals surface area contributed by atoms with E-state index in [0.29, 0.717) is 16.7 Å². The standard InChI is InChI=1S/C10H8FNO2/c1-6(13)14-10-5-12-9-4-7(11)2-3-8(9)10/h2-5,12H,1H3. The van der Waals surface area contributed by atoms with Crippen molar-refractivity contribution >= 4 is 16.9 Å². The molecule has 14 heavy (non-hydrogen) atoms. The van der Waals surface area contributed by atoms with E-state index in [-0.39, 0.29) is 5.82 Å². The smallest absolute Gasteiger partial charge is 0.308 e. The molecule has 0 spiro atoms. The van der Waals surface area contributed by atoms with Crippen LogP contribution in [0.2, 0.25) is 0 Å². The van der Waals surface area contributed by atoms with Gasteiger partial charge in [-0.1, -0.05) is 0 Å². The van der Waals surface area contributed by atoms with Gasteiger partial charge in [0, 0.05) is 18.5 Å². The lowest BCUT2D eigenvalue weighted by molar-refractivity contribution is -0.131. The van der Waals surface area contributed by atoms with Gasteiger partial charge in [0.2, 0.25) is 0 Å². The van der Waals surface area contributed by atoms with Crippen LogP contribution in [0.15, 0.2) is 24.4 Å². The zero-order valence-corrected chi connectivity index (χ0v) is 7.50. The normalized spacial score (nSPS) is 10.4. The van der Waals surface area contributed by atoms with Crippen molar-refractivity contribution < 1.29 is 13.9 Å². The molecule has 72 valence electrons. The minimum atomic E-state index is -0.393. The molecule has 0 amide bonds. The average Bonchev–Trinajstić information content (AvgIpc) is 2.47. The van der Waals surface area contributed by atoms with Crippen molar-refractivity contribution in [2.24, 2.45) is 0 Å². The number of fused-ring (bicyclic) bond motifs is 1. The van der Waals surface area contributed by atoms with Crippen LogP contribution < -0.4 is 4.74 Å². The van der Waals surface area contributed by atoms with E-state index in [4.69, 9.17) is 4.74 Å². The number of aromatic nitrogens is 1. The second-order valence-electron chi connectivity index (χ2n) is 2.94. The Kier molecular flexibility index (Phi) is 1.96. The Bertz CT molecular complexity index is 490. The lowest BCUT2D eigenvalue weighted by Crippen LogP contribution is -2.00. The molecule has 1 aromatic heterocycles. The molecule has 3 nitrogen and oxygen atoms in total. The molecule has 0 aliphatic carbocycles. The highest BCUT2D eigenvalue weighted by Crippen LogP contribution is 2.25. The molecular weight excluding hydrogens is 185 g/mol. The fraction of sp³-hybridized carbons (Fsp3) is 0.100. The monoisotopic (exact) mass is 193 g/mol.